The molecule has 0 saturated carbocycles. The molecule has 148 valence electrons. The summed E-state index contributed by atoms with van der Waals surface area (Å²) >= 11 is 10.1. The number of para-hydroxylation sites is 1. The predicted octanol–water partition coefficient (Wildman–Crippen LogP) is 7.32. The maximum absolute atomic E-state index is 6.53. The zero-order valence-electron chi connectivity index (χ0n) is 15.9. The minimum Gasteiger partial charge on any atom is -0.457 e. The highest BCUT2D eigenvalue weighted by Crippen LogP contribution is 2.38. The molecule has 3 N–H and O–H groups in total. The van der Waals surface area contributed by atoms with E-state index in [1.807, 2.05) is 48.5 Å². The number of H-pyrrole nitrogens is 1. The van der Waals surface area contributed by atoms with E-state index < -0.39 is 0 Å². The lowest BCUT2D eigenvalue weighted by Crippen LogP contribution is -1.99. The van der Waals surface area contributed by atoms with Gasteiger partial charge in [-0.2, -0.15) is 0 Å². The Bertz CT molecular complexity index is 1120. The van der Waals surface area contributed by atoms with Gasteiger partial charge in [-0.15, -0.1) is 0 Å². The van der Waals surface area contributed by atoms with Crippen LogP contribution in [0.2, 0.25) is 5.02 Å². The van der Waals surface area contributed by atoms with Gasteiger partial charge >= 0.3 is 0 Å². The molecule has 4 rings (SSSR count). The van der Waals surface area contributed by atoms with Gasteiger partial charge in [0.15, 0.2) is 0 Å². The third kappa shape index (κ3) is 4.50. The molecule has 0 aliphatic carbocycles. The molecule has 0 unspecified atom stereocenters. The lowest BCUT2D eigenvalue weighted by atomic mass is 10.00. The summed E-state index contributed by atoms with van der Waals surface area (Å²) in [5.41, 5.74) is 10.1. The van der Waals surface area contributed by atoms with E-state index in [2.05, 4.69) is 39.1 Å². The van der Waals surface area contributed by atoms with Gasteiger partial charge in [-0.1, -0.05) is 57.9 Å². The van der Waals surface area contributed by atoms with Crippen LogP contribution >= 0.6 is 27.5 Å². The minimum atomic E-state index is 0.697. The van der Waals surface area contributed by atoms with E-state index in [0.29, 0.717) is 11.6 Å². The van der Waals surface area contributed by atoms with Gasteiger partial charge in [0.1, 0.15) is 11.5 Å². The fourth-order valence-corrected chi connectivity index (χ4v) is 4.42. The highest BCUT2D eigenvalue weighted by molar-refractivity contribution is 9.10. The molecule has 3 nitrogen and oxygen atoms in total. The van der Waals surface area contributed by atoms with Gasteiger partial charge in [0.25, 0.3) is 0 Å². The molecule has 0 atom stereocenters. The van der Waals surface area contributed by atoms with Crippen LogP contribution < -0.4 is 10.5 Å². The first-order valence-corrected chi connectivity index (χ1v) is 10.9. The molecule has 3 aromatic carbocycles. The Morgan fingerprint density at radius 3 is 2.52 bits per heavy atom. The van der Waals surface area contributed by atoms with Crippen LogP contribution in [-0.2, 0) is 6.42 Å². The number of nitrogens with one attached hydrogen (secondary N) is 1. The number of nitrogens with two attached hydrogens (primary N) is 1. The average Bonchev–Trinajstić information content (AvgIpc) is 3.08. The van der Waals surface area contributed by atoms with E-state index in [4.69, 9.17) is 22.1 Å². The molecule has 0 aliphatic rings. The number of hydrogen-bond donors (Lipinski definition) is 2. The number of aryl methyl sites for hydroxylation is 1. The van der Waals surface area contributed by atoms with Crippen LogP contribution in [0.15, 0.2) is 71.2 Å². The topological polar surface area (TPSA) is 51.0 Å². The Morgan fingerprint density at radius 2 is 1.72 bits per heavy atom. The Kier molecular flexibility index (Phi) is 6.24. The summed E-state index contributed by atoms with van der Waals surface area (Å²) in [6.07, 6.45) is 2.95. The number of aromatic nitrogens is 1. The SMILES string of the molecule is NCCCCc1c(-c2cccc(Oc3ccccc3)c2)[nH]c2c(Cl)cc(Br)cc12. The van der Waals surface area contributed by atoms with Crippen molar-refractivity contribution in [3.8, 4) is 22.8 Å². The summed E-state index contributed by atoms with van der Waals surface area (Å²) in [6.45, 7) is 0.697. The normalized spacial score (nSPS) is 11.1. The second kappa shape index (κ2) is 9.04. The fraction of sp³-hybridized carbons (Fsp3) is 0.167. The van der Waals surface area contributed by atoms with Crippen LogP contribution in [0.1, 0.15) is 18.4 Å². The summed E-state index contributed by atoms with van der Waals surface area (Å²) in [5, 5.41) is 1.85. The van der Waals surface area contributed by atoms with Gasteiger partial charge in [-0.25, -0.2) is 0 Å². The minimum absolute atomic E-state index is 0.697. The standard InChI is InChI=1S/C24H22BrClN2O/c25-17-14-21-20(11-4-5-12-27)23(28-24(21)22(26)15-17)16-7-6-10-19(13-16)29-18-8-2-1-3-9-18/h1-3,6-10,13-15,28H,4-5,11-12,27H2. The molecule has 0 amide bonds. The molecule has 0 bridgehead atoms. The van der Waals surface area contributed by atoms with Crippen LogP contribution in [-0.4, -0.2) is 11.5 Å². The summed E-state index contributed by atoms with van der Waals surface area (Å²) in [7, 11) is 0. The maximum atomic E-state index is 6.53. The van der Waals surface area contributed by atoms with Gasteiger partial charge in [0.05, 0.1) is 10.5 Å². The van der Waals surface area contributed by atoms with E-state index in [1.165, 1.54) is 5.56 Å². The zero-order chi connectivity index (χ0) is 20.2. The molecular weight excluding hydrogens is 448 g/mol. The Hall–Kier alpha value is -2.27. The first-order chi connectivity index (χ1) is 14.2. The highest BCUT2D eigenvalue weighted by Gasteiger charge is 2.16. The molecule has 0 saturated heterocycles. The van der Waals surface area contributed by atoms with Crippen LogP contribution in [0, 0.1) is 0 Å². The molecule has 0 fully saturated rings. The number of fused-ring (bicyclic) bond motifs is 1. The molecule has 1 aromatic heterocycles. The number of hydrogen-bond acceptors (Lipinski definition) is 2. The van der Waals surface area contributed by atoms with Crippen molar-refractivity contribution in [3.63, 3.8) is 0 Å². The largest absolute Gasteiger partial charge is 0.457 e. The first-order valence-electron chi connectivity index (χ1n) is 9.68. The molecule has 0 aliphatic heterocycles. The van der Waals surface area contributed by atoms with E-state index >= 15 is 0 Å². The number of ether oxygens (including phenoxy) is 1. The molecule has 29 heavy (non-hydrogen) atoms. The number of unbranched alkanes of at least 4 members (excludes halogenated alkanes) is 1. The number of halogens is 2. The monoisotopic (exact) mass is 468 g/mol. The molecule has 4 aromatic rings. The third-order valence-electron chi connectivity index (χ3n) is 4.91. The summed E-state index contributed by atoms with van der Waals surface area (Å²) < 4.78 is 7.01. The van der Waals surface area contributed by atoms with Crippen molar-refractivity contribution in [2.24, 2.45) is 5.73 Å². The summed E-state index contributed by atoms with van der Waals surface area (Å²) in [5.74, 6) is 1.61. The summed E-state index contributed by atoms with van der Waals surface area (Å²) in [4.78, 5) is 3.55. The van der Waals surface area contributed by atoms with Gasteiger partial charge in [0.2, 0.25) is 0 Å². The first kappa shape index (κ1) is 20.0. The van der Waals surface area contributed by atoms with E-state index in [-0.39, 0.29) is 0 Å². The van der Waals surface area contributed by atoms with Crippen LogP contribution in [0.5, 0.6) is 11.5 Å². The van der Waals surface area contributed by atoms with Crippen LogP contribution in [0.3, 0.4) is 0 Å². The van der Waals surface area contributed by atoms with Gasteiger partial charge in [-0.05, 0) is 67.8 Å². The molecule has 5 heteroatoms. The Morgan fingerprint density at radius 1 is 0.931 bits per heavy atom. The van der Waals surface area contributed by atoms with E-state index in [9.17, 15) is 0 Å². The van der Waals surface area contributed by atoms with Crippen molar-refractivity contribution in [1.29, 1.82) is 0 Å². The molecular formula is C24H22BrClN2O. The third-order valence-corrected chi connectivity index (χ3v) is 5.67. The Balaban J connectivity index is 1.77. The summed E-state index contributed by atoms with van der Waals surface area (Å²) in [6, 6.07) is 22.0. The van der Waals surface area contributed by atoms with Gasteiger partial charge in [0, 0.05) is 21.1 Å². The van der Waals surface area contributed by atoms with Gasteiger partial charge in [-0.3, -0.25) is 0 Å². The number of aromatic amines is 1. The maximum Gasteiger partial charge on any atom is 0.128 e. The van der Waals surface area contributed by atoms with Crippen LogP contribution in [0.25, 0.3) is 22.2 Å². The number of benzene rings is 3. The second-order valence-corrected chi connectivity index (χ2v) is 8.30. The van der Waals surface area contributed by atoms with E-state index in [0.717, 1.165) is 57.4 Å². The number of rotatable bonds is 7. The molecule has 1 heterocycles. The van der Waals surface area contributed by atoms with Crippen molar-refractivity contribution >= 4 is 38.4 Å². The van der Waals surface area contributed by atoms with Crippen molar-refractivity contribution in [2.45, 2.75) is 19.3 Å². The smallest absolute Gasteiger partial charge is 0.128 e. The fourth-order valence-electron chi connectivity index (χ4n) is 3.57. The second-order valence-electron chi connectivity index (χ2n) is 6.98. The van der Waals surface area contributed by atoms with Crippen molar-refractivity contribution < 1.29 is 4.74 Å². The average molecular weight is 470 g/mol. The van der Waals surface area contributed by atoms with Crippen LogP contribution in [0.4, 0.5) is 0 Å². The van der Waals surface area contributed by atoms with Crippen molar-refractivity contribution in [2.75, 3.05) is 6.54 Å². The lowest BCUT2D eigenvalue weighted by Gasteiger charge is -2.09. The molecule has 0 spiro atoms. The van der Waals surface area contributed by atoms with E-state index in [1.54, 1.807) is 0 Å². The van der Waals surface area contributed by atoms with Gasteiger partial charge < -0.3 is 15.5 Å². The highest BCUT2D eigenvalue weighted by atomic mass is 79.9. The lowest BCUT2D eigenvalue weighted by molar-refractivity contribution is 0.483. The quantitative estimate of drug-likeness (QED) is 0.278. The van der Waals surface area contributed by atoms with Crippen molar-refractivity contribution in [3.05, 3.63) is 81.8 Å². The van der Waals surface area contributed by atoms with Crippen molar-refractivity contribution in [1.82, 2.24) is 4.98 Å². The molecule has 0 radical (unpaired) electrons. The predicted molar refractivity (Wildman–Crippen MR) is 125 cm³/mol. The zero-order valence-corrected chi connectivity index (χ0v) is 18.3. The Labute approximate surface area is 184 Å².